The van der Waals surface area contributed by atoms with Gasteiger partial charge in [-0.25, -0.2) is 0 Å². The molecule has 0 saturated carbocycles. The van der Waals surface area contributed by atoms with E-state index in [-0.39, 0.29) is 11.2 Å². The number of carbonyl (C=O) groups is 1. The number of carbonyl (C=O) groups excluding carboxylic acids is 1. The Kier molecular flexibility index (Phi) is 2.72. The molecule has 0 N–H and O–H groups in total. The number of hydrogen-bond donors (Lipinski definition) is 0. The van der Waals surface area contributed by atoms with Crippen molar-refractivity contribution >= 4 is 5.78 Å². The molecule has 4 rings (SSSR count). The van der Waals surface area contributed by atoms with Crippen molar-refractivity contribution in [3.8, 4) is 0 Å². The van der Waals surface area contributed by atoms with E-state index in [0.717, 1.165) is 5.57 Å². The van der Waals surface area contributed by atoms with E-state index >= 15 is 0 Å². The molecule has 0 amide bonds. The lowest BCUT2D eigenvalue weighted by molar-refractivity contribution is -0.122. The molecule has 0 aliphatic heterocycles. The molecule has 4 aliphatic carbocycles. The summed E-state index contributed by atoms with van der Waals surface area (Å²) in [4.78, 5) is 12.9. The molecule has 1 heteroatoms. The summed E-state index contributed by atoms with van der Waals surface area (Å²) in [7, 11) is 0. The zero-order chi connectivity index (χ0) is 15.5. The third kappa shape index (κ3) is 1.81. The van der Waals surface area contributed by atoms with Gasteiger partial charge in [0.1, 0.15) is 0 Å². The number of allylic oxidation sites excluding steroid dienone is 14. The molecular formula is C21H20O. The second kappa shape index (κ2) is 4.42. The van der Waals surface area contributed by atoms with Crippen molar-refractivity contribution in [1.29, 1.82) is 0 Å². The first-order valence-electron chi connectivity index (χ1n) is 7.92. The number of hydrogen-bond acceptors (Lipinski definition) is 1. The molecule has 0 bridgehead atoms. The van der Waals surface area contributed by atoms with Crippen LogP contribution in [0.25, 0.3) is 0 Å². The van der Waals surface area contributed by atoms with Crippen molar-refractivity contribution in [2.45, 2.75) is 20.8 Å². The molecule has 22 heavy (non-hydrogen) atoms. The van der Waals surface area contributed by atoms with Gasteiger partial charge in [-0.1, -0.05) is 69.4 Å². The summed E-state index contributed by atoms with van der Waals surface area (Å²) in [5.74, 6) is 0.906. The van der Waals surface area contributed by atoms with E-state index < -0.39 is 0 Å². The fourth-order valence-electron chi connectivity index (χ4n) is 3.83. The molecule has 0 aromatic heterocycles. The second-order valence-electron chi connectivity index (χ2n) is 7.43. The third-order valence-electron chi connectivity index (χ3n) is 4.90. The van der Waals surface area contributed by atoms with Gasteiger partial charge in [-0.05, 0) is 28.4 Å². The van der Waals surface area contributed by atoms with Crippen LogP contribution in [-0.4, -0.2) is 5.78 Å². The van der Waals surface area contributed by atoms with Crippen LogP contribution in [0.3, 0.4) is 0 Å². The Morgan fingerprint density at radius 2 is 1.50 bits per heavy atom. The van der Waals surface area contributed by atoms with Gasteiger partial charge < -0.3 is 0 Å². The molecule has 4 aliphatic rings. The van der Waals surface area contributed by atoms with Crippen LogP contribution >= 0.6 is 0 Å². The molecular weight excluding hydrogens is 268 g/mol. The van der Waals surface area contributed by atoms with Crippen LogP contribution in [0.4, 0.5) is 0 Å². The van der Waals surface area contributed by atoms with Crippen LogP contribution in [0.15, 0.2) is 82.5 Å². The molecule has 0 heterocycles. The predicted octanol–water partition coefficient (Wildman–Crippen LogP) is 4.63. The molecule has 0 radical (unpaired) electrons. The predicted molar refractivity (Wildman–Crippen MR) is 90.1 cm³/mol. The van der Waals surface area contributed by atoms with Crippen LogP contribution in [0, 0.1) is 17.3 Å². The van der Waals surface area contributed by atoms with Gasteiger partial charge in [0.05, 0.1) is 0 Å². The topological polar surface area (TPSA) is 17.1 Å². The molecule has 2 atom stereocenters. The van der Waals surface area contributed by atoms with Gasteiger partial charge in [-0.2, -0.15) is 0 Å². The summed E-state index contributed by atoms with van der Waals surface area (Å²) >= 11 is 0. The Balaban J connectivity index is 1.94. The lowest BCUT2D eigenvalue weighted by Gasteiger charge is -2.42. The van der Waals surface area contributed by atoms with Gasteiger partial charge in [0.2, 0.25) is 0 Å². The molecule has 1 nitrogen and oxygen atoms in total. The summed E-state index contributed by atoms with van der Waals surface area (Å²) in [6, 6.07) is 0. The van der Waals surface area contributed by atoms with Gasteiger partial charge in [0.25, 0.3) is 0 Å². The Hall–Kier alpha value is -2.15. The van der Waals surface area contributed by atoms with Crippen LogP contribution in [0.1, 0.15) is 20.8 Å². The van der Waals surface area contributed by atoms with Crippen molar-refractivity contribution in [2.24, 2.45) is 17.3 Å². The zero-order valence-electron chi connectivity index (χ0n) is 13.3. The minimum absolute atomic E-state index is 0.235. The standard InChI is InChI=1S/C21H20O/c1-21(2,3)20(22)17-12-15-8-4-6-13-10-11-14-7-5-9-16(17)19(14)18(13)15/h4-12,18-19H,1-3H3. The van der Waals surface area contributed by atoms with E-state index in [2.05, 4.69) is 54.7 Å². The number of ketones is 1. The van der Waals surface area contributed by atoms with Crippen molar-refractivity contribution < 1.29 is 4.79 Å². The van der Waals surface area contributed by atoms with Gasteiger partial charge in [-0.15, -0.1) is 0 Å². The van der Waals surface area contributed by atoms with E-state index in [0.29, 0.717) is 11.8 Å². The Labute approximate surface area is 131 Å². The lowest BCUT2D eigenvalue weighted by Crippen LogP contribution is -2.34. The molecule has 2 unspecified atom stereocenters. The maximum absolute atomic E-state index is 12.9. The highest BCUT2D eigenvalue weighted by Crippen LogP contribution is 2.51. The smallest absolute Gasteiger partial charge is 0.168 e. The molecule has 0 saturated heterocycles. The van der Waals surface area contributed by atoms with Crippen LogP contribution < -0.4 is 0 Å². The molecule has 0 aromatic carbocycles. The van der Waals surface area contributed by atoms with Crippen LogP contribution in [0.2, 0.25) is 0 Å². The van der Waals surface area contributed by atoms with Crippen molar-refractivity contribution in [2.75, 3.05) is 0 Å². The molecule has 110 valence electrons. The van der Waals surface area contributed by atoms with E-state index in [4.69, 9.17) is 0 Å². The molecule has 0 fully saturated rings. The van der Waals surface area contributed by atoms with Crippen molar-refractivity contribution in [3.63, 3.8) is 0 Å². The van der Waals surface area contributed by atoms with Crippen LogP contribution in [-0.2, 0) is 4.79 Å². The fraction of sp³-hybridized carbons (Fsp3) is 0.286. The SMILES string of the molecule is CC(C)(C)C(=O)C1=CC2=CC=CC3=CC=C4C=CC=C1C4C32. The first-order chi connectivity index (χ1) is 10.5. The van der Waals surface area contributed by atoms with Gasteiger partial charge in [0.15, 0.2) is 5.78 Å². The zero-order valence-corrected chi connectivity index (χ0v) is 13.3. The second-order valence-corrected chi connectivity index (χ2v) is 7.43. The largest absolute Gasteiger partial charge is 0.294 e. The summed E-state index contributed by atoms with van der Waals surface area (Å²) in [6.45, 7) is 6.00. The summed E-state index contributed by atoms with van der Waals surface area (Å²) in [5.41, 5.74) is 5.67. The summed E-state index contributed by atoms with van der Waals surface area (Å²) < 4.78 is 0. The maximum atomic E-state index is 12.9. The average molecular weight is 288 g/mol. The fourth-order valence-corrected chi connectivity index (χ4v) is 3.83. The number of Topliss-reactive ketones (excluding diaryl/α,β-unsaturated/α-hetero) is 1. The third-order valence-corrected chi connectivity index (χ3v) is 4.90. The van der Waals surface area contributed by atoms with E-state index in [1.54, 1.807) is 0 Å². The van der Waals surface area contributed by atoms with E-state index in [1.165, 1.54) is 22.3 Å². The highest BCUT2D eigenvalue weighted by molar-refractivity contribution is 6.04. The maximum Gasteiger partial charge on any atom is 0.168 e. The minimum Gasteiger partial charge on any atom is -0.294 e. The Morgan fingerprint density at radius 1 is 0.864 bits per heavy atom. The van der Waals surface area contributed by atoms with Gasteiger partial charge in [-0.3, -0.25) is 4.79 Å². The molecule has 0 spiro atoms. The normalized spacial score (nSPS) is 28.0. The summed E-state index contributed by atoms with van der Waals surface area (Å²) in [6.07, 6.45) is 19.4. The first kappa shape index (κ1) is 13.5. The molecule has 0 aromatic rings. The highest BCUT2D eigenvalue weighted by atomic mass is 16.1. The monoisotopic (exact) mass is 288 g/mol. The van der Waals surface area contributed by atoms with Gasteiger partial charge in [0, 0.05) is 22.8 Å². The highest BCUT2D eigenvalue weighted by Gasteiger charge is 2.42. The van der Waals surface area contributed by atoms with Crippen LogP contribution in [0.5, 0.6) is 0 Å². The lowest BCUT2D eigenvalue weighted by atomic mass is 9.61. The average Bonchev–Trinajstić information content (AvgIpc) is 2.51. The Bertz CT molecular complexity index is 782. The number of rotatable bonds is 1. The van der Waals surface area contributed by atoms with Gasteiger partial charge >= 0.3 is 0 Å². The summed E-state index contributed by atoms with van der Waals surface area (Å²) in [5, 5.41) is 0. The van der Waals surface area contributed by atoms with Crippen molar-refractivity contribution in [3.05, 3.63) is 82.5 Å². The van der Waals surface area contributed by atoms with E-state index in [9.17, 15) is 4.79 Å². The first-order valence-corrected chi connectivity index (χ1v) is 7.92. The van der Waals surface area contributed by atoms with Crippen molar-refractivity contribution in [1.82, 2.24) is 0 Å². The minimum atomic E-state index is -0.358. The van der Waals surface area contributed by atoms with E-state index in [1.807, 2.05) is 20.8 Å². The Morgan fingerprint density at radius 3 is 2.18 bits per heavy atom. The quantitative estimate of drug-likeness (QED) is 0.687.